The van der Waals surface area contributed by atoms with E-state index < -0.39 is 0 Å². The lowest BCUT2D eigenvalue weighted by atomic mass is 10.0. The lowest BCUT2D eigenvalue weighted by Crippen LogP contribution is -2.51. The molecule has 0 unspecified atom stereocenters. The predicted molar refractivity (Wildman–Crippen MR) is 80.8 cm³/mol. The third-order valence-electron chi connectivity index (χ3n) is 4.97. The highest BCUT2D eigenvalue weighted by Gasteiger charge is 2.27. The number of carbonyl (C=O) groups is 2. The molecule has 1 heterocycles. The Bertz CT molecular complexity index is 381. The first-order chi connectivity index (χ1) is 10.2. The Morgan fingerprint density at radius 3 is 2.24 bits per heavy atom. The maximum Gasteiger partial charge on any atom is 0.234 e. The van der Waals surface area contributed by atoms with Crippen LogP contribution in [-0.2, 0) is 9.59 Å². The summed E-state index contributed by atoms with van der Waals surface area (Å²) in [4.78, 5) is 28.2. The van der Waals surface area contributed by atoms with Crippen molar-refractivity contribution in [2.75, 3.05) is 32.7 Å². The van der Waals surface area contributed by atoms with E-state index in [1.165, 1.54) is 25.7 Å². The van der Waals surface area contributed by atoms with Crippen LogP contribution in [-0.4, -0.2) is 60.4 Å². The molecule has 0 aromatic carbocycles. The van der Waals surface area contributed by atoms with Crippen LogP contribution in [0.5, 0.6) is 0 Å². The molecule has 3 fully saturated rings. The quantitative estimate of drug-likeness (QED) is 0.822. The second kappa shape index (κ2) is 6.77. The summed E-state index contributed by atoms with van der Waals surface area (Å²) in [5.41, 5.74) is 0. The number of nitrogens with zero attached hydrogens (tertiary/aromatic N) is 2. The molecule has 3 rings (SSSR count). The van der Waals surface area contributed by atoms with Crippen molar-refractivity contribution < 1.29 is 9.59 Å². The van der Waals surface area contributed by atoms with Crippen LogP contribution in [0, 0.1) is 5.92 Å². The topological polar surface area (TPSA) is 52.7 Å². The molecule has 1 saturated heterocycles. The molecule has 0 aromatic heterocycles. The third-order valence-corrected chi connectivity index (χ3v) is 4.97. The van der Waals surface area contributed by atoms with Crippen LogP contribution in [0.4, 0.5) is 0 Å². The highest BCUT2D eigenvalue weighted by molar-refractivity contribution is 5.79. The van der Waals surface area contributed by atoms with Crippen LogP contribution in [0.15, 0.2) is 0 Å². The summed E-state index contributed by atoms with van der Waals surface area (Å²) in [6.45, 7) is 3.70. The monoisotopic (exact) mass is 293 g/mol. The molecule has 2 saturated carbocycles. The molecule has 2 aliphatic carbocycles. The molecule has 0 atom stereocenters. The number of nitrogens with one attached hydrogen (secondary N) is 1. The molecule has 2 amide bonds. The van der Waals surface area contributed by atoms with Gasteiger partial charge in [-0.1, -0.05) is 12.8 Å². The average molecular weight is 293 g/mol. The number of hydrogen-bond acceptors (Lipinski definition) is 3. The van der Waals surface area contributed by atoms with Crippen molar-refractivity contribution in [1.29, 1.82) is 0 Å². The number of carbonyl (C=O) groups excluding carboxylic acids is 2. The molecular weight excluding hydrogens is 266 g/mol. The number of amides is 2. The maximum atomic E-state index is 12.3. The van der Waals surface area contributed by atoms with E-state index in [0.29, 0.717) is 24.4 Å². The van der Waals surface area contributed by atoms with E-state index in [1.54, 1.807) is 0 Å². The van der Waals surface area contributed by atoms with Crippen LogP contribution < -0.4 is 5.32 Å². The Balaban J connectivity index is 1.35. The first-order valence-corrected chi connectivity index (χ1v) is 8.50. The van der Waals surface area contributed by atoms with Gasteiger partial charge in [-0.2, -0.15) is 0 Å². The third kappa shape index (κ3) is 4.43. The fraction of sp³-hybridized carbons (Fsp3) is 0.875. The van der Waals surface area contributed by atoms with E-state index in [2.05, 4.69) is 10.2 Å². The van der Waals surface area contributed by atoms with Gasteiger partial charge in [-0.25, -0.2) is 0 Å². The number of piperazine rings is 1. The summed E-state index contributed by atoms with van der Waals surface area (Å²) < 4.78 is 0. The van der Waals surface area contributed by atoms with E-state index >= 15 is 0 Å². The summed E-state index contributed by atoms with van der Waals surface area (Å²) in [5.74, 6) is 1.09. The van der Waals surface area contributed by atoms with Gasteiger partial charge in [0.15, 0.2) is 0 Å². The molecule has 0 spiro atoms. The summed E-state index contributed by atoms with van der Waals surface area (Å²) in [6.07, 6.45) is 8.05. The smallest absolute Gasteiger partial charge is 0.234 e. The van der Waals surface area contributed by atoms with Gasteiger partial charge in [0, 0.05) is 38.6 Å². The molecule has 118 valence electrons. The molecule has 3 aliphatic rings. The molecule has 0 radical (unpaired) electrons. The lowest BCUT2D eigenvalue weighted by molar-refractivity contribution is -0.134. The van der Waals surface area contributed by atoms with Gasteiger partial charge in [0.05, 0.1) is 6.54 Å². The van der Waals surface area contributed by atoms with Gasteiger partial charge in [-0.3, -0.25) is 14.5 Å². The van der Waals surface area contributed by atoms with E-state index in [-0.39, 0.29) is 5.91 Å². The number of rotatable bonds is 5. The van der Waals surface area contributed by atoms with Crippen molar-refractivity contribution in [2.45, 2.75) is 51.0 Å². The zero-order valence-electron chi connectivity index (χ0n) is 12.9. The first-order valence-electron chi connectivity index (χ1n) is 8.50. The van der Waals surface area contributed by atoms with Crippen molar-refractivity contribution in [3.05, 3.63) is 0 Å². The average Bonchev–Trinajstić information content (AvgIpc) is 3.13. The minimum Gasteiger partial charge on any atom is -0.352 e. The Hall–Kier alpha value is -1.10. The molecule has 0 aromatic rings. The predicted octanol–water partition coefficient (Wildman–Crippen LogP) is 0.989. The van der Waals surface area contributed by atoms with Gasteiger partial charge in [0.1, 0.15) is 0 Å². The Labute approximate surface area is 127 Å². The van der Waals surface area contributed by atoms with Gasteiger partial charge in [0.25, 0.3) is 0 Å². The zero-order valence-corrected chi connectivity index (χ0v) is 12.9. The van der Waals surface area contributed by atoms with E-state index in [1.807, 2.05) is 4.90 Å². The van der Waals surface area contributed by atoms with Crippen molar-refractivity contribution in [2.24, 2.45) is 5.92 Å². The number of hydrogen-bond donors (Lipinski definition) is 1. The fourth-order valence-corrected chi connectivity index (χ4v) is 3.45. The summed E-state index contributed by atoms with van der Waals surface area (Å²) in [6, 6.07) is 0.437. The van der Waals surface area contributed by atoms with Gasteiger partial charge in [-0.05, 0) is 31.6 Å². The van der Waals surface area contributed by atoms with Crippen LogP contribution in [0.25, 0.3) is 0 Å². The standard InChI is InChI=1S/C16H27N3O2/c20-15(17-14-5-6-14)12-18-7-9-19(10-8-18)16(21)11-13-3-1-2-4-13/h13-14H,1-12H2,(H,17,20). The molecule has 1 N–H and O–H groups in total. The Morgan fingerprint density at radius 2 is 1.62 bits per heavy atom. The largest absolute Gasteiger partial charge is 0.352 e. The van der Waals surface area contributed by atoms with E-state index in [4.69, 9.17) is 0 Å². The fourth-order valence-electron chi connectivity index (χ4n) is 3.45. The van der Waals surface area contributed by atoms with Crippen molar-refractivity contribution in [3.63, 3.8) is 0 Å². The van der Waals surface area contributed by atoms with Gasteiger partial charge in [0.2, 0.25) is 11.8 Å². The molecule has 0 bridgehead atoms. The van der Waals surface area contributed by atoms with Gasteiger partial charge in [-0.15, -0.1) is 0 Å². The summed E-state index contributed by atoms with van der Waals surface area (Å²) >= 11 is 0. The zero-order chi connectivity index (χ0) is 14.7. The summed E-state index contributed by atoms with van der Waals surface area (Å²) in [5, 5.41) is 3.02. The minimum absolute atomic E-state index is 0.142. The summed E-state index contributed by atoms with van der Waals surface area (Å²) in [7, 11) is 0. The Morgan fingerprint density at radius 1 is 0.952 bits per heavy atom. The molecule has 21 heavy (non-hydrogen) atoms. The van der Waals surface area contributed by atoms with Gasteiger partial charge < -0.3 is 10.2 Å². The highest BCUT2D eigenvalue weighted by Crippen LogP contribution is 2.28. The lowest BCUT2D eigenvalue weighted by Gasteiger charge is -2.34. The SMILES string of the molecule is O=C(CN1CCN(C(=O)CC2CCCC2)CC1)NC1CC1. The van der Waals surface area contributed by atoms with Crippen molar-refractivity contribution >= 4 is 11.8 Å². The second-order valence-electron chi connectivity index (χ2n) is 6.85. The minimum atomic E-state index is 0.142. The molecule has 1 aliphatic heterocycles. The molecular formula is C16H27N3O2. The van der Waals surface area contributed by atoms with Crippen LogP contribution in [0.2, 0.25) is 0 Å². The van der Waals surface area contributed by atoms with Crippen LogP contribution >= 0.6 is 0 Å². The van der Waals surface area contributed by atoms with E-state index in [0.717, 1.165) is 45.4 Å². The van der Waals surface area contributed by atoms with Crippen molar-refractivity contribution in [3.8, 4) is 0 Å². The van der Waals surface area contributed by atoms with Crippen LogP contribution in [0.3, 0.4) is 0 Å². The second-order valence-corrected chi connectivity index (χ2v) is 6.85. The van der Waals surface area contributed by atoms with Crippen LogP contribution in [0.1, 0.15) is 44.9 Å². The van der Waals surface area contributed by atoms with E-state index in [9.17, 15) is 9.59 Å². The van der Waals surface area contributed by atoms with Crippen molar-refractivity contribution in [1.82, 2.24) is 15.1 Å². The van der Waals surface area contributed by atoms with Gasteiger partial charge >= 0.3 is 0 Å². The first kappa shape index (κ1) is 14.8. The molecule has 5 heteroatoms. The normalized spacial score (nSPS) is 24.3. The maximum absolute atomic E-state index is 12.3. The Kier molecular flexibility index (Phi) is 4.78. The molecule has 5 nitrogen and oxygen atoms in total. The highest BCUT2D eigenvalue weighted by atomic mass is 16.2.